The Hall–Kier alpha value is -2.49. The van der Waals surface area contributed by atoms with Gasteiger partial charge in [-0.25, -0.2) is 12.8 Å². The van der Waals surface area contributed by atoms with Gasteiger partial charge < -0.3 is 14.6 Å². The van der Waals surface area contributed by atoms with E-state index < -0.39 is 51.0 Å². The number of sulfone groups is 1. The minimum absolute atomic E-state index is 0.0446. The van der Waals surface area contributed by atoms with Crippen molar-refractivity contribution in [1.29, 1.82) is 0 Å². The summed E-state index contributed by atoms with van der Waals surface area (Å²) in [6.45, 7) is 7.64. The van der Waals surface area contributed by atoms with Crippen molar-refractivity contribution in [3.8, 4) is 0 Å². The Labute approximate surface area is 213 Å². The summed E-state index contributed by atoms with van der Waals surface area (Å²) in [4.78, 5) is 35.9. The van der Waals surface area contributed by atoms with Gasteiger partial charge in [0.05, 0.1) is 24.9 Å². The first-order valence-electron chi connectivity index (χ1n) is 12.1. The van der Waals surface area contributed by atoms with Gasteiger partial charge in [0.25, 0.3) is 0 Å². The molecule has 0 amide bonds. The number of carbonyl (C=O) groups is 3. The Morgan fingerprint density at radius 3 is 2.28 bits per heavy atom. The molecule has 0 spiro atoms. The molecule has 204 valence electrons. The number of carbonyl (C=O) groups excluding carboxylic acids is 2. The van der Waals surface area contributed by atoms with Crippen LogP contribution < -0.4 is 0 Å². The second kappa shape index (κ2) is 13.7. The zero-order valence-electron chi connectivity index (χ0n) is 21.8. The second-order valence-electron chi connectivity index (χ2n) is 9.93. The lowest BCUT2D eigenvalue weighted by atomic mass is 9.75. The molecule has 2 unspecified atom stereocenters. The molecule has 0 aliphatic heterocycles. The summed E-state index contributed by atoms with van der Waals surface area (Å²) in [5.41, 5.74) is -1.58. The van der Waals surface area contributed by atoms with Crippen LogP contribution in [-0.2, 0) is 45.5 Å². The van der Waals surface area contributed by atoms with Crippen LogP contribution in [0.4, 0.5) is 4.39 Å². The molecule has 8 nitrogen and oxygen atoms in total. The van der Waals surface area contributed by atoms with Crippen LogP contribution in [0.15, 0.2) is 24.3 Å². The summed E-state index contributed by atoms with van der Waals surface area (Å²) in [5.74, 6) is -3.93. The van der Waals surface area contributed by atoms with E-state index in [0.29, 0.717) is 24.0 Å². The Balaban J connectivity index is 3.00. The smallest absolute Gasteiger partial charge is 0.321 e. The highest BCUT2D eigenvalue weighted by atomic mass is 32.2. The van der Waals surface area contributed by atoms with Crippen LogP contribution in [-0.4, -0.2) is 62.8 Å². The van der Waals surface area contributed by atoms with Crippen LogP contribution in [0.1, 0.15) is 65.0 Å². The maximum atomic E-state index is 14.4. The predicted octanol–water partition coefficient (Wildman–Crippen LogP) is 3.89. The summed E-state index contributed by atoms with van der Waals surface area (Å²) in [6, 6.07) is 6.56. The highest BCUT2D eigenvalue weighted by Gasteiger charge is 2.41. The zero-order chi connectivity index (χ0) is 27.6. The topological polar surface area (TPSA) is 124 Å². The van der Waals surface area contributed by atoms with Gasteiger partial charge in [0.1, 0.15) is 17.8 Å². The van der Waals surface area contributed by atoms with Gasteiger partial charge in [-0.15, -0.1) is 0 Å². The number of hydrogen-bond acceptors (Lipinski definition) is 7. The van der Waals surface area contributed by atoms with Crippen LogP contribution in [0.5, 0.6) is 0 Å². The molecule has 1 aromatic carbocycles. The van der Waals surface area contributed by atoms with Gasteiger partial charge in [-0.05, 0) is 49.7 Å². The quantitative estimate of drug-likeness (QED) is 0.319. The number of alkyl halides is 1. The average molecular weight is 531 g/mol. The third kappa shape index (κ3) is 9.52. The largest absolute Gasteiger partial charge is 0.481 e. The van der Waals surface area contributed by atoms with Gasteiger partial charge in [0.2, 0.25) is 0 Å². The van der Waals surface area contributed by atoms with Gasteiger partial charge >= 0.3 is 17.9 Å². The van der Waals surface area contributed by atoms with Crippen molar-refractivity contribution < 1.29 is 41.8 Å². The molecule has 0 aliphatic carbocycles. The molecule has 36 heavy (non-hydrogen) atoms. The van der Waals surface area contributed by atoms with Crippen molar-refractivity contribution in [2.75, 3.05) is 31.4 Å². The van der Waals surface area contributed by atoms with Crippen LogP contribution in [0, 0.1) is 11.3 Å². The number of halogens is 1. The van der Waals surface area contributed by atoms with Crippen molar-refractivity contribution in [2.45, 2.75) is 65.7 Å². The minimum atomic E-state index is -3.73. The van der Waals surface area contributed by atoms with E-state index >= 15 is 0 Å². The van der Waals surface area contributed by atoms with Gasteiger partial charge in [-0.1, -0.05) is 51.5 Å². The maximum absolute atomic E-state index is 14.4. The first kappa shape index (κ1) is 31.5. The fraction of sp³-hybridized carbons (Fsp3) is 0.654. The molecular weight excluding hydrogens is 491 g/mol. The van der Waals surface area contributed by atoms with Gasteiger partial charge in [0, 0.05) is 0 Å². The molecule has 0 fully saturated rings. The third-order valence-electron chi connectivity index (χ3n) is 6.06. The second-order valence-corrected chi connectivity index (χ2v) is 12.0. The SMILES string of the molecule is CCOC(=O)CS(=O)(=O)CC(C)(C)CCCC(CF)(C(=O)O)c1cccc(CC(C)C(=O)OCC)c1. The number of rotatable bonds is 16. The fourth-order valence-corrected chi connectivity index (χ4v) is 6.14. The van der Waals surface area contributed by atoms with Crippen molar-refractivity contribution in [3.63, 3.8) is 0 Å². The normalized spacial score (nSPS) is 14.5. The minimum Gasteiger partial charge on any atom is -0.481 e. The molecule has 0 saturated heterocycles. The van der Waals surface area contributed by atoms with Gasteiger partial charge in [0.15, 0.2) is 9.84 Å². The summed E-state index contributed by atoms with van der Waals surface area (Å²) in [7, 11) is -3.73. The van der Waals surface area contributed by atoms with E-state index in [1.165, 1.54) is 0 Å². The predicted molar refractivity (Wildman–Crippen MR) is 134 cm³/mol. The molecular formula is C26H39FO8S. The van der Waals surface area contributed by atoms with E-state index in [-0.39, 0.29) is 37.8 Å². The summed E-state index contributed by atoms with van der Waals surface area (Å²) in [6.07, 6.45) is 0.836. The van der Waals surface area contributed by atoms with E-state index in [1.54, 1.807) is 58.9 Å². The Kier molecular flexibility index (Phi) is 12.0. The Morgan fingerprint density at radius 2 is 1.72 bits per heavy atom. The Bertz CT molecular complexity index is 1000. The number of carboxylic acids is 1. The van der Waals surface area contributed by atoms with Gasteiger partial charge in [-0.3, -0.25) is 14.4 Å². The number of hydrogen-bond donors (Lipinski definition) is 1. The molecule has 1 aromatic rings. The maximum Gasteiger partial charge on any atom is 0.321 e. The van der Waals surface area contributed by atoms with Crippen LogP contribution in [0.25, 0.3) is 0 Å². The van der Waals surface area contributed by atoms with E-state index in [4.69, 9.17) is 9.47 Å². The summed E-state index contributed by atoms with van der Waals surface area (Å²) < 4.78 is 48.9. The molecule has 0 saturated carbocycles. The highest BCUT2D eigenvalue weighted by molar-refractivity contribution is 7.92. The molecule has 0 bridgehead atoms. The highest BCUT2D eigenvalue weighted by Crippen LogP contribution is 2.35. The van der Waals surface area contributed by atoms with E-state index in [1.807, 2.05) is 0 Å². The lowest BCUT2D eigenvalue weighted by Gasteiger charge is -2.30. The molecule has 0 heterocycles. The monoisotopic (exact) mass is 530 g/mol. The lowest BCUT2D eigenvalue weighted by Crippen LogP contribution is -2.39. The van der Waals surface area contributed by atoms with Crippen molar-refractivity contribution in [1.82, 2.24) is 0 Å². The number of aliphatic carboxylic acids is 1. The number of carboxylic acid groups (broad SMARTS) is 1. The zero-order valence-corrected chi connectivity index (χ0v) is 22.7. The molecule has 0 radical (unpaired) electrons. The van der Waals surface area contributed by atoms with Crippen molar-refractivity contribution >= 4 is 27.7 Å². The first-order valence-corrected chi connectivity index (χ1v) is 14.0. The van der Waals surface area contributed by atoms with Crippen LogP contribution in [0.2, 0.25) is 0 Å². The van der Waals surface area contributed by atoms with E-state index in [0.717, 1.165) is 0 Å². The first-order chi connectivity index (χ1) is 16.7. The summed E-state index contributed by atoms with van der Waals surface area (Å²) in [5, 5.41) is 10.0. The lowest BCUT2D eigenvalue weighted by molar-refractivity contribution is -0.147. The third-order valence-corrected chi connectivity index (χ3v) is 7.96. The number of ether oxygens (including phenoxy) is 2. The summed E-state index contributed by atoms with van der Waals surface area (Å²) >= 11 is 0. The van der Waals surface area contributed by atoms with Crippen molar-refractivity contribution in [2.24, 2.45) is 11.3 Å². The fourth-order valence-electron chi connectivity index (χ4n) is 4.26. The molecule has 0 aliphatic rings. The molecule has 1 N–H and O–H groups in total. The van der Waals surface area contributed by atoms with Crippen molar-refractivity contribution in [3.05, 3.63) is 35.4 Å². The van der Waals surface area contributed by atoms with Gasteiger partial charge in [-0.2, -0.15) is 0 Å². The molecule has 0 aromatic heterocycles. The number of benzene rings is 1. The van der Waals surface area contributed by atoms with E-state index in [9.17, 15) is 32.3 Å². The van der Waals surface area contributed by atoms with E-state index in [2.05, 4.69) is 0 Å². The number of esters is 2. The molecule has 2 atom stereocenters. The molecule has 10 heteroatoms. The molecule has 1 rings (SSSR count). The van der Waals surface area contributed by atoms with Crippen LogP contribution >= 0.6 is 0 Å². The Morgan fingerprint density at radius 1 is 1.08 bits per heavy atom. The average Bonchev–Trinajstić information content (AvgIpc) is 2.75. The van der Waals surface area contributed by atoms with Crippen LogP contribution in [0.3, 0.4) is 0 Å². The standard InChI is InChI=1S/C26H39FO8S/c1-6-34-22(28)16-36(32,33)18-25(4,5)12-9-13-26(17-27,24(30)31)21-11-8-10-20(15-21)14-19(3)23(29)35-7-2/h8,10-11,15,19H,6-7,9,12-14,16-18H2,1-5H3,(H,30,31).